The van der Waals surface area contributed by atoms with Crippen LogP contribution in [-0.2, 0) is 0 Å². The molecule has 0 amide bonds. The summed E-state index contributed by atoms with van der Waals surface area (Å²) in [7, 11) is 0. The van der Waals surface area contributed by atoms with Crippen LogP contribution in [-0.4, -0.2) is 4.57 Å². The Bertz CT molecular complexity index is 3740. The van der Waals surface area contributed by atoms with Crippen molar-refractivity contribution in [1.29, 1.82) is 0 Å². The van der Waals surface area contributed by atoms with E-state index in [4.69, 9.17) is 4.42 Å². The molecule has 0 fully saturated rings. The molecule has 0 spiro atoms. The largest absolute Gasteiger partial charge is 0.455 e. The van der Waals surface area contributed by atoms with Gasteiger partial charge in [-0.2, -0.15) is 0 Å². The predicted octanol–water partition coefficient (Wildman–Crippen LogP) is 16.3. The van der Waals surface area contributed by atoms with Crippen LogP contribution in [0.5, 0.6) is 0 Å². The van der Waals surface area contributed by atoms with Gasteiger partial charge in [0.05, 0.1) is 33.3 Å². The van der Waals surface area contributed by atoms with Crippen molar-refractivity contribution in [1.82, 2.24) is 4.57 Å². The molecule has 0 atom stereocenters. The Morgan fingerprint density at radius 2 is 0.984 bits per heavy atom. The second-order valence-electron chi connectivity index (χ2n) is 15.4. The number of furan rings is 1. The first-order valence-corrected chi connectivity index (χ1v) is 20.5. The molecule has 61 heavy (non-hydrogen) atoms. The van der Waals surface area contributed by atoms with Crippen molar-refractivity contribution in [3.8, 4) is 39.1 Å². The van der Waals surface area contributed by atoms with Crippen molar-refractivity contribution >= 4 is 71.6 Å². The zero-order valence-corrected chi connectivity index (χ0v) is 32.9. The Morgan fingerprint density at radius 3 is 1.72 bits per heavy atom. The highest BCUT2D eigenvalue weighted by Crippen LogP contribution is 2.45. The lowest BCUT2D eigenvalue weighted by Crippen LogP contribution is -2.10. The van der Waals surface area contributed by atoms with Gasteiger partial charge >= 0.3 is 0 Å². The molecule has 2 aromatic heterocycles. The quantitative estimate of drug-likeness (QED) is 0.161. The average Bonchev–Trinajstić information content (AvgIpc) is 3.92. The molecule has 0 saturated carbocycles. The maximum Gasteiger partial charge on any atom is 0.143 e. The van der Waals surface area contributed by atoms with Gasteiger partial charge in [0.1, 0.15) is 11.2 Å². The minimum atomic E-state index is -0.149. The number of aromatic nitrogens is 1. The first-order chi connectivity index (χ1) is 31.9. The Morgan fingerprint density at radius 1 is 0.393 bits per heavy atom. The van der Waals surface area contributed by atoms with E-state index in [1.807, 2.05) is 102 Å². The van der Waals surface area contributed by atoms with Crippen LogP contribution in [0.3, 0.4) is 0 Å². The molecule has 3 heteroatoms. The van der Waals surface area contributed by atoms with Crippen LogP contribution in [0.1, 0.15) is 5.48 Å². The molecule has 0 saturated heterocycles. The summed E-state index contributed by atoms with van der Waals surface area (Å²) < 4.78 is 47.5. The van der Waals surface area contributed by atoms with E-state index in [1.54, 1.807) is 0 Å². The van der Waals surface area contributed by atoms with Crippen molar-refractivity contribution < 1.29 is 9.90 Å². The molecule has 286 valence electrons. The van der Waals surface area contributed by atoms with Crippen molar-refractivity contribution in [3.63, 3.8) is 0 Å². The van der Waals surface area contributed by atoms with Gasteiger partial charge in [-0.25, -0.2) is 0 Å². The fraction of sp³-hybridized carbons (Fsp3) is 0. The Kier molecular flexibility index (Phi) is 7.24. The molecule has 2 heterocycles. The number of hydrogen-bond acceptors (Lipinski definition) is 2. The van der Waals surface area contributed by atoms with E-state index in [1.165, 1.54) is 10.8 Å². The van der Waals surface area contributed by atoms with E-state index in [9.17, 15) is 5.48 Å². The minimum absolute atomic E-state index is 0.120. The molecule has 10 aromatic carbocycles. The van der Waals surface area contributed by atoms with Gasteiger partial charge in [-0.05, 0) is 93.8 Å². The Hall–Kier alpha value is -8.14. The number of para-hydroxylation sites is 3. The van der Waals surface area contributed by atoms with Gasteiger partial charge in [0.2, 0.25) is 0 Å². The van der Waals surface area contributed by atoms with E-state index in [2.05, 4.69) is 114 Å². The summed E-state index contributed by atoms with van der Waals surface area (Å²) in [4.78, 5) is 1.87. The van der Waals surface area contributed by atoms with Crippen LogP contribution in [0.25, 0.3) is 93.6 Å². The number of hydrogen-bond donors (Lipinski definition) is 0. The first kappa shape index (κ1) is 30.9. The molecule has 0 aliphatic carbocycles. The highest BCUT2D eigenvalue weighted by Gasteiger charge is 2.21. The molecular weight excluding hydrogens is 741 g/mol. The fourth-order valence-electron chi connectivity index (χ4n) is 9.02. The van der Waals surface area contributed by atoms with E-state index >= 15 is 0 Å². The van der Waals surface area contributed by atoms with Gasteiger partial charge in [-0.15, -0.1) is 0 Å². The third-order valence-electron chi connectivity index (χ3n) is 11.9. The highest BCUT2D eigenvalue weighted by molar-refractivity contribution is 6.19. The average molecular weight is 783 g/mol. The van der Waals surface area contributed by atoms with Crippen LogP contribution < -0.4 is 4.90 Å². The minimum Gasteiger partial charge on any atom is -0.455 e. The van der Waals surface area contributed by atoms with Crippen LogP contribution >= 0.6 is 0 Å². The van der Waals surface area contributed by atoms with Crippen LogP contribution in [0.15, 0.2) is 235 Å². The maximum absolute atomic E-state index is 9.73. The summed E-state index contributed by atoms with van der Waals surface area (Å²) >= 11 is 0. The number of nitrogens with zero attached hydrogens (tertiary/aromatic N) is 2. The third-order valence-corrected chi connectivity index (χ3v) is 11.9. The molecule has 0 N–H and O–H groups in total. The number of fused-ring (bicyclic) bond motifs is 8. The predicted molar refractivity (Wildman–Crippen MR) is 257 cm³/mol. The highest BCUT2D eigenvalue weighted by atomic mass is 16.3. The van der Waals surface area contributed by atoms with Crippen molar-refractivity contribution in [2.75, 3.05) is 4.90 Å². The van der Waals surface area contributed by atoms with E-state index in [0.29, 0.717) is 22.5 Å². The number of rotatable bonds is 7. The third kappa shape index (κ3) is 5.82. The summed E-state index contributed by atoms with van der Waals surface area (Å²) in [5, 5.41) is 6.12. The zero-order valence-electron chi connectivity index (χ0n) is 36.9. The SMILES string of the molecule is [2H]c1c([2H])c(N(c2ccc(-c3ccccc3-n3c4ccccc4c4ccccc43)cc2)c2cccc3oc4c5ccccc5ccc4c23)c([2H])c([2H])c1-c1ccc(-c2ccccc2)cc1. The molecule has 12 aromatic rings. The standard InChI is InChI=1S/C58H38N2O/c1-2-13-39(14-3-1)40-25-27-41(28-26-40)42-29-34-45(35-30-42)59(55-23-12-24-56-57(55)51-38-33-43-15-4-5-17-48(43)58(51)61-56)46-36-31-44(32-37-46)47-16-6-9-20-52(47)60-53-21-10-7-18-49(53)50-19-8-11-22-54(50)60/h1-38H/i29D,30D,34D,35D. The van der Waals surface area contributed by atoms with Gasteiger partial charge in [0.25, 0.3) is 0 Å². The topological polar surface area (TPSA) is 21.3 Å². The lowest BCUT2D eigenvalue weighted by molar-refractivity contribution is 0.672. The van der Waals surface area contributed by atoms with Gasteiger partial charge in [-0.3, -0.25) is 0 Å². The van der Waals surface area contributed by atoms with Gasteiger partial charge < -0.3 is 13.9 Å². The monoisotopic (exact) mass is 782 g/mol. The number of anilines is 3. The molecule has 0 aliphatic heterocycles. The lowest BCUT2D eigenvalue weighted by Gasteiger charge is -2.27. The Labute approximate surface area is 359 Å². The molecule has 0 radical (unpaired) electrons. The number of benzene rings is 10. The molecule has 3 nitrogen and oxygen atoms in total. The molecular formula is C58H38N2O. The Balaban J connectivity index is 1.05. The van der Waals surface area contributed by atoms with Gasteiger partial charge in [0, 0.05) is 38.5 Å². The van der Waals surface area contributed by atoms with Gasteiger partial charge in [0.15, 0.2) is 0 Å². The molecule has 0 bridgehead atoms. The smallest absolute Gasteiger partial charge is 0.143 e. The maximum atomic E-state index is 9.73. The second-order valence-corrected chi connectivity index (χ2v) is 15.4. The van der Waals surface area contributed by atoms with E-state index in [0.717, 1.165) is 66.1 Å². The summed E-state index contributed by atoms with van der Waals surface area (Å²) in [6.07, 6.45) is 0. The molecule has 0 aliphatic rings. The normalized spacial score (nSPS) is 12.5. The summed E-state index contributed by atoms with van der Waals surface area (Å²) in [6.45, 7) is 0. The van der Waals surface area contributed by atoms with Crippen LogP contribution in [0, 0.1) is 0 Å². The zero-order chi connectivity index (χ0) is 43.8. The van der Waals surface area contributed by atoms with E-state index < -0.39 is 0 Å². The van der Waals surface area contributed by atoms with Crippen molar-refractivity contribution in [2.45, 2.75) is 0 Å². The van der Waals surface area contributed by atoms with E-state index in [-0.39, 0.29) is 35.4 Å². The fourth-order valence-corrected chi connectivity index (χ4v) is 9.02. The first-order valence-electron chi connectivity index (χ1n) is 22.5. The van der Waals surface area contributed by atoms with Crippen molar-refractivity contribution in [2.24, 2.45) is 0 Å². The van der Waals surface area contributed by atoms with Gasteiger partial charge in [-0.1, -0.05) is 170 Å². The summed E-state index contributed by atoms with van der Waals surface area (Å²) in [6, 6.07) is 68.9. The van der Waals surface area contributed by atoms with Crippen LogP contribution in [0.4, 0.5) is 17.1 Å². The summed E-state index contributed by atoms with van der Waals surface area (Å²) in [5.74, 6) is 0. The summed E-state index contributed by atoms with van der Waals surface area (Å²) in [5.41, 5.74) is 11.1. The molecule has 0 unspecified atom stereocenters. The lowest BCUT2D eigenvalue weighted by atomic mass is 9.99. The van der Waals surface area contributed by atoms with Crippen LogP contribution in [0.2, 0.25) is 0 Å². The van der Waals surface area contributed by atoms with Crippen molar-refractivity contribution in [3.05, 3.63) is 230 Å². The second kappa shape index (κ2) is 14.3. The molecule has 12 rings (SSSR count).